The monoisotopic (exact) mass is 177 g/mol. The van der Waals surface area contributed by atoms with Crippen molar-refractivity contribution in [2.45, 2.75) is 25.0 Å². The molecular formula is C11H15NO. The first-order chi connectivity index (χ1) is 6.23. The Labute approximate surface area is 78.6 Å². The number of rotatable bonds is 1. The Morgan fingerprint density at radius 2 is 2.08 bits per heavy atom. The summed E-state index contributed by atoms with van der Waals surface area (Å²) in [6, 6.07) is 10.0. The molecule has 0 radical (unpaired) electrons. The molecule has 70 valence electrons. The second-order valence-electron chi connectivity index (χ2n) is 3.72. The summed E-state index contributed by atoms with van der Waals surface area (Å²) in [7, 11) is 0. The van der Waals surface area contributed by atoms with Gasteiger partial charge in [0.25, 0.3) is 0 Å². The molecule has 0 aromatic heterocycles. The molecule has 2 rings (SSSR count). The molecule has 1 heterocycles. The number of hydrogen-bond acceptors (Lipinski definition) is 2. The van der Waals surface area contributed by atoms with E-state index < -0.39 is 5.60 Å². The Morgan fingerprint density at radius 1 is 1.38 bits per heavy atom. The minimum atomic E-state index is -0.665. The second kappa shape index (κ2) is 3.13. The van der Waals surface area contributed by atoms with Gasteiger partial charge in [0.2, 0.25) is 0 Å². The zero-order chi connectivity index (χ0) is 9.31. The van der Waals surface area contributed by atoms with Crippen LogP contribution in [0.4, 0.5) is 0 Å². The van der Waals surface area contributed by atoms with Crippen molar-refractivity contribution < 1.29 is 5.11 Å². The van der Waals surface area contributed by atoms with E-state index in [4.69, 9.17) is 0 Å². The van der Waals surface area contributed by atoms with Gasteiger partial charge in [-0.2, -0.15) is 0 Å². The molecule has 1 aliphatic rings. The molecule has 0 bridgehead atoms. The van der Waals surface area contributed by atoms with E-state index in [1.165, 1.54) is 0 Å². The fraction of sp³-hybridized carbons (Fsp3) is 0.455. The number of hydrogen-bond donors (Lipinski definition) is 2. The maximum absolute atomic E-state index is 10.4. The molecule has 0 unspecified atom stereocenters. The summed E-state index contributed by atoms with van der Waals surface area (Å²) in [6.07, 6.45) is 0.804. The van der Waals surface area contributed by atoms with E-state index in [1.807, 2.05) is 37.3 Å². The van der Waals surface area contributed by atoms with E-state index in [0.717, 1.165) is 18.5 Å². The molecule has 0 amide bonds. The van der Waals surface area contributed by atoms with Crippen molar-refractivity contribution in [2.75, 3.05) is 6.54 Å². The summed E-state index contributed by atoms with van der Waals surface area (Å²) in [5.74, 6) is 0. The van der Waals surface area contributed by atoms with Crippen molar-refractivity contribution in [3.05, 3.63) is 35.9 Å². The van der Waals surface area contributed by atoms with Crippen molar-refractivity contribution in [1.29, 1.82) is 0 Å². The van der Waals surface area contributed by atoms with E-state index >= 15 is 0 Å². The molecular weight excluding hydrogens is 162 g/mol. The number of aliphatic hydroxyl groups is 1. The average Bonchev–Trinajstić information content (AvgIpc) is 2.50. The highest BCUT2D eigenvalue weighted by Crippen LogP contribution is 2.31. The van der Waals surface area contributed by atoms with Crippen LogP contribution in [0.25, 0.3) is 0 Å². The van der Waals surface area contributed by atoms with E-state index in [2.05, 4.69) is 5.32 Å². The van der Waals surface area contributed by atoms with Gasteiger partial charge in [0.1, 0.15) is 5.60 Å². The molecule has 2 heteroatoms. The van der Waals surface area contributed by atoms with Crippen LogP contribution in [0.2, 0.25) is 0 Å². The standard InChI is InChI=1S/C11H15NO/c1-9-11(13,7-8-12-9)10-5-3-2-4-6-10/h2-6,9,12-13H,7-8H2,1H3/t9-,11-/m0/s1. The average molecular weight is 177 g/mol. The lowest BCUT2D eigenvalue weighted by molar-refractivity contribution is 0.0293. The van der Waals surface area contributed by atoms with Crippen LogP contribution in [0.15, 0.2) is 30.3 Å². The van der Waals surface area contributed by atoms with Crippen LogP contribution in [0.5, 0.6) is 0 Å². The highest BCUT2D eigenvalue weighted by atomic mass is 16.3. The number of benzene rings is 1. The van der Waals surface area contributed by atoms with Crippen molar-refractivity contribution >= 4 is 0 Å². The summed E-state index contributed by atoms with van der Waals surface area (Å²) in [6.45, 7) is 2.92. The Hall–Kier alpha value is -0.860. The van der Waals surface area contributed by atoms with Gasteiger partial charge < -0.3 is 10.4 Å². The molecule has 2 atom stereocenters. The van der Waals surface area contributed by atoms with Crippen molar-refractivity contribution in [1.82, 2.24) is 5.32 Å². The molecule has 0 aliphatic carbocycles. The largest absolute Gasteiger partial charge is 0.383 e. The van der Waals surface area contributed by atoms with Crippen LogP contribution in [-0.2, 0) is 5.60 Å². The summed E-state index contributed by atoms with van der Waals surface area (Å²) in [5, 5.41) is 13.6. The van der Waals surface area contributed by atoms with Crippen molar-refractivity contribution in [3.8, 4) is 0 Å². The Bertz CT molecular complexity index is 285. The first kappa shape index (κ1) is 8.73. The second-order valence-corrected chi connectivity index (χ2v) is 3.72. The van der Waals surface area contributed by atoms with Gasteiger partial charge in [-0.15, -0.1) is 0 Å². The first-order valence-corrected chi connectivity index (χ1v) is 4.75. The minimum absolute atomic E-state index is 0.148. The maximum Gasteiger partial charge on any atom is 0.106 e. The SMILES string of the molecule is C[C@@H]1NCC[C@@]1(O)c1ccccc1. The van der Waals surface area contributed by atoms with Crippen LogP contribution in [-0.4, -0.2) is 17.7 Å². The highest BCUT2D eigenvalue weighted by Gasteiger charge is 2.39. The van der Waals surface area contributed by atoms with Gasteiger partial charge in [0.15, 0.2) is 0 Å². The van der Waals surface area contributed by atoms with Gasteiger partial charge in [0, 0.05) is 6.04 Å². The predicted molar refractivity (Wildman–Crippen MR) is 52.4 cm³/mol. The van der Waals surface area contributed by atoms with Gasteiger partial charge in [-0.05, 0) is 25.5 Å². The number of nitrogens with one attached hydrogen (secondary N) is 1. The van der Waals surface area contributed by atoms with Crippen LogP contribution in [0, 0.1) is 0 Å². The summed E-state index contributed by atoms with van der Waals surface area (Å²) < 4.78 is 0. The molecule has 1 saturated heterocycles. The van der Waals surface area contributed by atoms with Crippen LogP contribution in [0.1, 0.15) is 18.9 Å². The fourth-order valence-corrected chi connectivity index (χ4v) is 1.99. The third-order valence-electron chi connectivity index (χ3n) is 2.95. The summed E-state index contributed by atoms with van der Waals surface area (Å²) >= 11 is 0. The van der Waals surface area contributed by atoms with E-state index in [0.29, 0.717) is 0 Å². The third-order valence-corrected chi connectivity index (χ3v) is 2.95. The fourth-order valence-electron chi connectivity index (χ4n) is 1.99. The van der Waals surface area contributed by atoms with Gasteiger partial charge in [-0.25, -0.2) is 0 Å². The van der Waals surface area contributed by atoms with Crippen LogP contribution in [0.3, 0.4) is 0 Å². The van der Waals surface area contributed by atoms with Crippen LogP contribution >= 0.6 is 0 Å². The third kappa shape index (κ3) is 1.36. The lowest BCUT2D eigenvalue weighted by Gasteiger charge is -2.27. The molecule has 1 fully saturated rings. The molecule has 1 aromatic rings. The zero-order valence-electron chi connectivity index (χ0n) is 7.83. The van der Waals surface area contributed by atoms with Gasteiger partial charge in [-0.3, -0.25) is 0 Å². The smallest absolute Gasteiger partial charge is 0.106 e. The lowest BCUT2D eigenvalue weighted by Crippen LogP contribution is -2.37. The van der Waals surface area contributed by atoms with E-state index in [1.54, 1.807) is 0 Å². The zero-order valence-corrected chi connectivity index (χ0v) is 7.83. The van der Waals surface area contributed by atoms with E-state index in [-0.39, 0.29) is 6.04 Å². The molecule has 2 nitrogen and oxygen atoms in total. The molecule has 1 aliphatic heterocycles. The highest BCUT2D eigenvalue weighted by molar-refractivity contribution is 5.25. The molecule has 13 heavy (non-hydrogen) atoms. The quantitative estimate of drug-likeness (QED) is 0.676. The molecule has 1 aromatic carbocycles. The predicted octanol–water partition coefficient (Wildman–Crippen LogP) is 1.26. The van der Waals surface area contributed by atoms with Gasteiger partial charge in [-0.1, -0.05) is 30.3 Å². The molecule has 0 spiro atoms. The van der Waals surface area contributed by atoms with Crippen LogP contribution < -0.4 is 5.32 Å². The summed E-state index contributed by atoms with van der Waals surface area (Å²) in [4.78, 5) is 0. The topological polar surface area (TPSA) is 32.3 Å². The van der Waals surface area contributed by atoms with E-state index in [9.17, 15) is 5.11 Å². The van der Waals surface area contributed by atoms with Gasteiger partial charge in [0.05, 0.1) is 0 Å². The lowest BCUT2D eigenvalue weighted by atomic mass is 9.88. The minimum Gasteiger partial charge on any atom is -0.383 e. The summed E-state index contributed by atoms with van der Waals surface area (Å²) in [5.41, 5.74) is 0.355. The van der Waals surface area contributed by atoms with Gasteiger partial charge >= 0.3 is 0 Å². The maximum atomic E-state index is 10.4. The Morgan fingerprint density at radius 3 is 2.62 bits per heavy atom. The molecule has 2 N–H and O–H groups in total. The normalized spacial score (nSPS) is 33.5. The first-order valence-electron chi connectivity index (χ1n) is 4.75. The Balaban J connectivity index is 2.34. The van der Waals surface area contributed by atoms with Crippen molar-refractivity contribution in [2.24, 2.45) is 0 Å². The molecule has 0 saturated carbocycles. The van der Waals surface area contributed by atoms with Crippen molar-refractivity contribution in [3.63, 3.8) is 0 Å². The Kier molecular flexibility index (Phi) is 2.10.